The van der Waals surface area contributed by atoms with E-state index in [1.807, 2.05) is 13.0 Å². The van der Waals surface area contributed by atoms with E-state index in [2.05, 4.69) is 11.8 Å². The highest BCUT2D eigenvalue weighted by Gasteiger charge is 2.12. The van der Waals surface area contributed by atoms with Crippen molar-refractivity contribution in [3.63, 3.8) is 0 Å². The van der Waals surface area contributed by atoms with Gasteiger partial charge in [0.15, 0.2) is 6.29 Å². The number of aryl methyl sites for hydroxylation is 1. The standard InChI is InChI=1S/C15H18O3/c1-12-11-14(16)8-7-13(12)5-4-10-18-15-6-2-3-9-17-15/h7-8,11,15-16H,2-3,6,9-10H2,1H3. The van der Waals surface area contributed by atoms with Crippen LogP contribution in [0, 0.1) is 18.8 Å². The van der Waals surface area contributed by atoms with Crippen molar-refractivity contribution < 1.29 is 14.6 Å². The molecule has 0 aromatic heterocycles. The maximum Gasteiger partial charge on any atom is 0.158 e. The molecule has 96 valence electrons. The number of aromatic hydroxyl groups is 1. The predicted octanol–water partition coefficient (Wildman–Crippen LogP) is 2.60. The van der Waals surface area contributed by atoms with Crippen LogP contribution in [0.2, 0.25) is 0 Å². The van der Waals surface area contributed by atoms with E-state index in [9.17, 15) is 5.11 Å². The molecule has 0 radical (unpaired) electrons. The van der Waals surface area contributed by atoms with Gasteiger partial charge < -0.3 is 14.6 Å². The van der Waals surface area contributed by atoms with E-state index in [1.165, 1.54) is 0 Å². The number of hydrogen-bond acceptors (Lipinski definition) is 3. The van der Waals surface area contributed by atoms with Crippen LogP contribution in [0.25, 0.3) is 0 Å². The first kappa shape index (κ1) is 12.9. The molecule has 0 spiro atoms. The zero-order valence-electron chi connectivity index (χ0n) is 10.6. The quantitative estimate of drug-likeness (QED) is 0.815. The fraction of sp³-hybridized carbons (Fsp3) is 0.467. The number of ether oxygens (including phenoxy) is 2. The first-order chi connectivity index (χ1) is 8.75. The van der Waals surface area contributed by atoms with E-state index in [0.717, 1.165) is 37.0 Å². The van der Waals surface area contributed by atoms with Gasteiger partial charge in [-0.3, -0.25) is 0 Å². The molecular formula is C15H18O3. The van der Waals surface area contributed by atoms with Crippen molar-refractivity contribution in [3.8, 4) is 17.6 Å². The number of rotatable bonds is 2. The van der Waals surface area contributed by atoms with Gasteiger partial charge in [-0.25, -0.2) is 0 Å². The van der Waals surface area contributed by atoms with Crippen molar-refractivity contribution in [1.82, 2.24) is 0 Å². The Morgan fingerprint density at radius 2 is 2.33 bits per heavy atom. The van der Waals surface area contributed by atoms with Crippen molar-refractivity contribution >= 4 is 0 Å². The van der Waals surface area contributed by atoms with Gasteiger partial charge in [-0.15, -0.1) is 0 Å². The van der Waals surface area contributed by atoms with Gasteiger partial charge in [0.05, 0.1) is 0 Å². The molecule has 3 nitrogen and oxygen atoms in total. The summed E-state index contributed by atoms with van der Waals surface area (Å²) >= 11 is 0. The van der Waals surface area contributed by atoms with Gasteiger partial charge in [0, 0.05) is 12.2 Å². The molecule has 1 fully saturated rings. The van der Waals surface area contributed by atoms with Crippen LogP contribution in [0.5, 0.6) is 5.75 Å². The zero-order chi connectivity index (χ0) is 12.8. The van der Waals surface area contributed by atoms with Crippen LogP contribution in [0.4, 0.5) is 0 Å². The number of hydrogen-bond donors (Lipinski definition) is 1. The fourth-order valence-electron chi connectivity index (χ4n) is 1.90. The lowest BCUT2D eigenvalue weighted by Gasteiger charge is -2.21. The third-order valence-electron chi connectivity index (χ3n) is 2.91. The summed E-state index contributed by atoms with van der Waals surface area (Å²) in [6, 6.07) is 5.16. The molecule has 0 aliphatic carbocycles. The third-order valence-corrected chi connectivity index (χ3v) is 2.91. The van der Waals surface area contributed by atoms with Crippen LogP contribution in [-0.4, -0.2) is 24.6 Å². The minimum absolute atomic E-state index is 0.0889. The first-order valence-corrected chi connectivity index (χ1v) is 6.27. The van der Waals surface area contributed by atoms with E-state index in [-0.39, 0.29) is 12.0 Å². The molecule has 1 N–H and O–H groups in total. The first-order valence-electron chi connectivity index (χ1n) is 6.27. The van der Waals surface area contributed by atoms with Crippen LogP contribution in [0.1, 0.15) is 30.4 Å². The Morgan fingerprint density at radius 1 is 1.44 bits per heavy atom. The molecule has 2 rings (SSSR count). The molecule has 0 saturated carbocycles. The molecule has 1 aliphatic heterocycles. The third kappa shape index (κ3) is 3.76. The van der Waals surface area contributed by atoms with E-state index >= 15 is 0 Å². The van der Waals surface area contributed by atoms with Gasteiger partial charge in [-0.2, -0.15) is 0 Å². The predicted molar refractivity (Wildman–Crippen MR) is 69.3 cm³/mol. The highest BCUT2D eigenvalue weighted by atomic mass is 16.7. The Hall–Kier alpha value is -1.50. The maximum absolute atomic E-state index is 9.29. The van der Waals surface area contributed by atoms with Crippen LogP contribution in [0.3, 0.4) is 0 Å². The maximum atomic E-state index is 9.29. The fourth-order valence-corrected chi connectivity index (χ4v) is 1.90. The molecule has 1 heterocycles. The normalized spacial score (nSPS) is 19.1. The highest BCUT2D eigenvalue weighted by Crippen LogP contribution is 2.15. The lowest BCUT2D eigenvalue weighted by Crippen LogP contribution is -2.22. The summed E-state index contributed by atoms with van der Waals surface area (Å²) in [4.78, 5) is 0. The van der Waals surface area contributed by atoms with Crippen LogP contribution < -0.4 is 0 Å². The monoisotopic (exact) mass is 246 g/mol. The van der Waals surface area contributed by atoms with E-state index in [1.54, 1.807) is 12.1 Å². The largest absolute Gasteiger partial charge is 0.508 e. The Kier molecular flexibility index (Phi) is 4.63. The van der Waals surface area contributed by atoms with E-state index in [0.29, 0.717) is 6.61 Å². The second-order valence-electron chi connectivity index (χ2n) is 4.41. The topological polar surface area (TPSA) is 38.7 Å². The van der Waals surface area contributed by atoms with Crippen molar-refractivity contribution in [2.75, 3.05) is 13.2 Å². The summed E-state index contributed by atoms with van der Waals surface area (Å²) < 4.78 is 11.0. The molecule has 1 aliphatic rings. The molecule has 1 aromatic carbocycles. The molecular weight excluding hydrogens is 228 g/mol. The van der Waals surface area contributed by atoms with Crippen LogP contribution in [-0.2, 0) is 9.47 Å². The average Bonchev–Trinajstić information content (AvgIpc) is 2.38. The second kappa shape index (κ2) is 6.44. The lowest BCUT2D eigenvalue weighted by atomic mass is 10.1. The van der Waals surface area contributed by atoms with Crippen LogP contribution >= 0.6 is 0 Å². The Bertz CT molecular complexity index is 451. The van der Waals surface area contributed by atoms with E-state index < -0.39 is 0 Å². The summed E-state index contributed by atoms with van der Waals surface area (Å²) in [7, 11) is 0. The smallest absolute Gasteiger partial charge is 0.158 e. The number of benzene rings is 1. The van der Waals surface area contributed by atoms with Crippen molar-refractivity contribution in [2.24, 2.45) is 0 Å². The molecule has 1 saturated heterocycles. The summed E-state index contributed by atoms with van der Waals surface area (Å²) in [6.07, 6.45) is 3.15. The van der Waals surface area contributed by atoms with Crippen molar-refractivity contribution in [1.29, 1.82) is 0 Å². The van der Waals surface area contributed by atoms with Crippen molar-refractivity contribution in [3.05, 3.63) is 29.3 Å². The second-order valence-corrected chi connectivity index (χ2v) is 4.41. The van der Waals surface area contributed by atoms with E-state index in [4.69, 9.17) is 9.47 Å². The molecule has 1 atom stereocenters. The van der Waals surface area contributed by atoms with Gasteiger partial charge >= 0.3 is 0 Å². The average molecular weight is 246 g/mol. The minimum Gasteiger partial charge on any atom is -0.508 e. The van der Waals surface area contributed by atoms with Gasteiger partial charge in [0.1, 0.15) is 12.4 Å². The minimum atomic E-state index is -0.0889. The summed E-state index contributed by atoms with van der Waals surface area (Å²) in [5, 5.41) is 9.29. The van der Waals surface area contributed by atoms with Crippen molar-refractivity contribution in [2.45, 2.75) is 32.5 Å². The van der Waals surface area contributed by atoms with Crippen LogP contribution in [0.15, 0.2) is 18.2 Å². The Labute approximate surface area is 108 Å². The molecule has 1 aromatic rings. The molecule has 3 heteroatoms. The van der Waals surface area contributed by atoms with Gasteiger partial charge in [0.25, 0.3) is 0 Å². The Morgan fingerprint density at radius 3 is 3.06 bits per heavy atom. The van der Waals surface area contributed by atoms with Gasteiger partial charge in [0.2, 0.25) is 0 Å². The summed E-state index contributed by atoms with van der Waals surface area (Å²) in [5.41, 5.74) is 1.89. The Balaban J connectivity index is 1.84. The number of phenols is 1. The zero-order valence-corrected chi connectivity index (χ0v) is 10.6. The highest BCUT2D eigenvalue weighted by molar-refractivity contribution is 5.44. The SMILES string of the molecule is Cc1cc(O)ccc1C#CCOC1CCCCO1. The lowest BCUT2D eigenvalue weighted by molar-refractivity contribution is -0.154. The van der Waals surface area contributed by atoms with Gasteiger partial charge in [-0.1, -0.05) is 11.8 Å². The summed E-state index contributed by atoms with van der Waals surface area (Å²) in [5.74, 6) is 6.28. The molecule has 18 heavy (non-hydrogen) atoms. The molecule has 1 unspecified atom stereocenters. The molecule has 0 amide bonds. The summed E-state index contributed by atoms with van der Waals surface area (Å²) in [6.45, 7) is 3.09. The number of phenolic OH excluding ortho intramolecular Hbond substituents is 1. The van der Waals surface area contributed by atoms with Gasteiger partial charge in [-0.05, 0) is 49.9 Å². The molecule has 0 bridgehead atoms.